The predicted octanol–water partition coefficient (Wildman–Crippen LogP) is 2.58. The molecule has 2 N–H and O–H groups in total. The third kappa shape index (κ3) is 4.93. The number of rotatable bonds is 6. The van der Waals surface area contributed by atoms with Crippen molar-refractivity contribution < 1.29 is 14.3 Å². The number of anilines is 1. The van der Waals surface area contributed by atoms with Crippen LogP contribution in [0.25, 0.3) is 0 Å². The lowest BCUT2D eigenvalue weighted by atomic mass is 9.98. The highest BCUT2D eigenvalue weighted by Gasteiger charge is 2.36. The number of hydrogen-bond donors (Lipinski definition) is 2. The zero-order chi connectivity index (χ0) is 18.1. The van der Waals surface area contributed by atoms with Crippen LogP contribution in [-0.4, -0.2) is 48.5 Å². The number of halogens is 1. The van der Waals surface area contributed by atoms with Crippen molar-refractivity contribution in [2.45, 2.75) is 56.7 Å². The van der Waals surface area contributed by atoms with Gasteiger partial charge in [-0.3, -0.25) is 9.59 Å². The number of carbonyl (C=O) groups is 2. The molecule has 1 aromatic rings. The molecule has 2 atom stereocenters. The van der Waals surface area contributed by atoms with E-state index in [2.05, 4.69) is 10.6 Å². The van der Waals surface area contributed by atoms with Crippen LogP contribution in [0.4, 0.5) is 5.69 Å². The van der Waals surface area contributed by atoms with Gasteiger partial charge in [-0.2, -0.15) is 0 Å². The molecule has 4 rings (SSSR count). The number of piperidine rings is 1. The van der Waals surface area contributed by atoms with E-state index in [-0.39, 0.29) is 36.7 Å². The lowest BCUT2D eigenvalue weighted by molar-refractivity contribution is -0.134. The van der Waals surface area contributed by atoms with Crippen LogP contribution in [0, 0.1) is 5.92 Å². The molecule has 2 saturated heterocycles. The number of nitrogens with one attached hydrogen (secondary N) is 2. The minimum Gasteiger partial charge on any atom is -0.484 e. The lowest BCUT2D eigenvalue weighted by Crippen LogP contribution is -2.49. The molecule has 1 saturated carbocycles. The maximum absolute atomic E-state index is 12.5. The van der Waals surface area contributed by atoms with Gasteiger partial charge < -0.3 is 20.3 Å². The van der Waals surface area contributed by atoms with Crippen LogP contribution in [0.2, 0.25) is 0 Å². The van der Waals surface area contributed by atoms with Crippen LogP contribution in [-0.2, 0) is 9.59 Å². The monoisotopic (exact) mass is 393 g/mol. The summed E-state index contributed by atoms with van der Waals surface area (Å²) in [5.74, 6) is 0.836. The number of likely N-dealkylation sites (N-methyl/N-ethyl adjacent to an activating group) is 1. The Balaban J connectivity index is 0.00000210. The van der Waals surface area contributed by atoms with E-state index < -0.39 is 0 Å². The summed E-state index contributed by atoms with van der Waals surface area (Å²) in [5, 5.41) is 6.50. The summed E-state index contributed by atoms with van der Waals surface area (Å²) in [6, 6.07) is 8.67. The summed E-state index contributed by atoms with van der Waals surface area (Å²) in [6.07, 6.45) is 6.45. The van der Waals surface area contributed by atoms with Crippen LogP contribution in [0.15, 0.2) is 24.3 Å². The standard InChI is InChI=1S/C20H27N3O3.ClH/c1-23(17-9-15-7-8-16(10-17)21-15)19(24)12-26-18-4-2-3-14(11-18)22-20(25)13-5-6-13;/h2-4,11,13,15-17,21H,5-10,12H2,1H3,(H,22,25);1H. The molecule has 0 aromatic heterocycles. The third-order valence-corrected chi connectivity index (χ3v) is 5.80. The molecule has 2 bridgehead atoms. The fraction of sp³-hybridized carbons (Fsp3) is 0.600. The molecule has 0 spiro atoms. The van der Waals surface area contributed by atoms with Crippen LogP contribution >= 0.6 is 12.4 Å². The molecular formula is C20H28ClN3O3. The Kier molecular flexibility index (Phi) is 6.27. The second kappa shape index (κ2) is 8.48. The molecule has 2 unspecified atom stereocenters. The van der Waals surface area contributed by atoms with E-state index in [1.54, 1.807) is 6.07 Å². The van der Waals surface area contributed by atoms with E-state index >= 15 is 0 Å². The smallest absolute Gasteiger partial charge is 0.260 e. The van der Waals surface area contributed by atoms with Crippen molar-refractivity contribution >= 4 is 29.9 Å². The Morgan fingerprint density at radius 3 is 2.56 bits per heavy atom. The second-order valence-corrected chi connectivity index (χ2v) is 7.85. The van der Waals surface area contributed by atoms with Gasteiger partial charge in [0.05, 0.1) is 0 Å². The Morgan fingerprint density at radius 1 is 1.19 bits per heavy atom. The first-order chi connectivity index (χ1) is 12.6. The number of hydrogen-bond acceptors (Lipinski definition) is 4. The van der Waals surface area contributed by atoms with E-state index in [1.807, 2.05) is 30.1 Å². The molecule has 7 heteroatoms. The van der Waals surface area contributed by atoms with Crippen molar-refractivity contribution in [3.8, 4) is 5.75 Å². The number of amides is 2. The first-order valence-electron chi connectivity index (χ1n) is 9.64. The van der Waals surface area contributed by atoms with Crippen molar-refractivity contribution in [2.75, 3.05) is 19.0 Å². The number of nitrogens with zero attached hydrogens (tertiary/aromatic N) is 1. The highest BCUT2D eigenvalue weighted by molar-refractivity contribution is 5.94. The van der Waals surface area contributed by atoms with Crippen molar-refractivity contribution in [1.82, 2.24) is 10.2 Å². The van der Waals surface area contributed by atoms with Gasteiger partial charge >= 0.3 is 0 Å². The topological polar surface area (TPSA) is 70.7 Å². The van der Waals surface area contributed by atoms with E-state index in [0.29, 0.717) is 23.9 Å². The van der Waals surface area contributed by atoms with Gasteiger partial charge in [-0.05, 0) is 50.7 Å². The van der Waals surface area contributed by atoms with Gasteiger partial charge in [0.2, 0.25) is 5.91 Å². The summed E-state index contributed by atoms with van der Waals surface area (Å²) in [7, 11) is 1.88. The quantitative estimate of drug-likeness (QED) is 0.779. The minimum absolute atomic E-state index is 0. The number of ether oxygens (including phenoxy) is 1. The predicted molar refractivity (Wildman–Crippen MR) is 106 cm³/mol. The molecule has 2 aliphatic heterocycles. The van der Waals surface area contributed by atoms with E-state index in [4.69, 9.17) is 4.74 Å². The first kappa shape index (κ1) is 20.0. The molecule has 148 valence electrons. The molecule has 3 fully saturated rings. The molecule has 0 radical (unpaired) electrons. The van der Waals surface area contributed by atoms with E-state index in [0.717, 1.165) is 31.4 Å². The van der Waals surface area contributed by atoms with E-state index in [1.165, 1.54) is 12.8 Å². The third-order valence-electron chi connectivity index (χ3n) is 5.80. The van der Waals surface area contributed by atoms with Crippen molar-refractivity contribution in [3.05, 3.63) is 24.3 Å². The fourth-order valence-electron chi connectivity index (χ4n) is 4.05. The second-order valence-electron chi connectivity index (χ2n) is 7.85. The van der Waals surface area contributed by atoms with Gasteiger partial charge in [0.15, 0.2) is 6.61 Å². The Morgan fingerprint density at radius 2 is 1.89 bits per heavy atom. The van der Waals surface area contributed by atoms with Gasteiger partial charge in [0, 0.05) is 42.8 Å². The average molecular weight is 394 g/mol. The summed E-state index contributed by atoms with van der Waals surface area (Å²) < 4.78 is 5.69. The maximum Gasteiger partial charge on any atom is 0.260 e. The zero-order valence-electron chi connectivity index (χ0n) is 15.6. The number of carbonyl (C=O) groups excluding carboxylic acids is 2. The van der Waals surface area contributed by atoms with Gasteiger partial charge in [0.1, 0.15) is 5.75 Å². The van der Waals surface area contributed by atoms with Crippen LogP contribution < -0.4 is 15.4 Å². The molecule has 27 heavy (non-hydrogen) atoms. The highest BCUT2D eigenvalue weighted by Crippen LogP contribution is 2.31. The summed E-state index contributed by atoms with van der Waals surface area (Å²) >= 11 is 0. The molecule has 2 heterocycles. The summed E-state index contributed by atoms with van der Waals surface area (Å²) in [6.45, 7) is 0.0236. The van der Waals surface area contributed by atoms with Crippen molar-refractivity contribution in [2.24, 2.45) is 5.92 Å². The first-order valence-corrected chi connectivity index (χ1v) is 9.64. The summed E-state index contributed by atoms with van der Waals surface area (Å²) in [5.41, 5.74) is 0.718. The van der Waals surface area contributed by atoms with Crippen molar-refractivity contribution in [3.63, 3.8) is 0 Å². The molecule has 1 aliphatic carbocycles. The molecule has 6 nitrogen and oxygen atoms in total. The SMILES string of the molecule is CN(C(=O)COc1cccc(NC(=O)C2CC2)c1)C1CC2CCC(C1)N2.Cl. The zero-order valence-corrected chi connectivity index (χ0v) is 16.5. The molecule has 1 aromatic carbocycles. The molecule has 2 amide bonds. The molecule has 3 aliphatic rings. The number of fused-ring (bicyclic) bond motifs is 2. The minimum atomic E-state index is 0. The average Bonchev–Trinajstić information content (AvgIpc) is 3.44. The van der Waals surface area contributed by atoms with Crippen LogP contribution in [0.3, 0.4) is 0 Å². The maximum atomic E-state index is 12.5. The normalized spacial score (nSPS) is 26.0. The van der Waals surface area contributed by atoms with Gasteiger partial charge in [-0.15, -0.1) is 12.4 Å². The Bertz CT molecular complexity index is 683. The highest BCUT2D eigenvalue weighted by atomic mass is 35.5. The number of benzene rings is 1. The largest absolute Gasteiger partial charge is 0.484 e. The fourth-order valence-corrected chi connectivity index (χ4v) is 4.05. The van der Waals surface area contributed by atoms with Crippen LogP contribution in [0.5, 0.6) is 5.75 Å². The van der Waals surface area contributed by atoms with Gasteiger partial charge in [-0.1, -0.05) is 6.07 Å². The van der Waals surface area contributed by atoms with Gasteiger partial charge in [0.25, 0.3) is 5.91 Å². The summed E-state index contributed by atoms with van der Waals surface area (Å²) in [4.78, 5) is 26.2. The van der Waals surface area contributed by atoms with Crippen LogP contribution in [0.1, 0.15) is 38.5 Å². The Hall–Kier alpha value is -1.79. The molecular weight excluding hydrogens is 366 g/mol. The van der Waals surface area contributed by atoms with E-state index in [9.17, 15) is 9.59 Å². The lowest BCUT2D eigenvalue weighted by Gasteiger charge is -2.35. The van der Waals surface area contributed by atoms with Crippen molar-refractivity contribution in [1.29, 1.82) is 0 Å². The van der Waals surface area contributed by atoms with Gasteiger partial charge in [-0.25, -0.2) is 0 Å². The Labute approximate surface area is 166 Å².